The lowest BCUT2D eigenvalue weighted by atomic mass is 10.2. The van der Waals surface area contributed by atoms with Crippen LogP contribution >= 0.6 is 22.6 Å². The second-order valence-corrected chi connectivity index (χ2v) is 5.59. The van der Waals surface area contributed by atoms with Gasteiger partial charge in [0.05, 0.1) is 0 Å². The van der Waals surface area contributed by atoms with Gasteiger partial charge in [-0.05, 0) is 52.9 Å². The molecule has 0 N–H and O–H groups in total. The number of alkyl halides is 3. The van der Waals surface area contributed by atoms with Crippen LogP contribution in [0.5, 0.6) is 0 Å². The fourth-order valence-electron chi connectivity index (χ4n) is 1.66. The van der Waals surface area contributed by atoms with Crippen LogP contribution < -0.4 is 5.06 Å². The molecule has 2 rings (SSSR count). The zero-order valence-corrected chi connectivity index (χ0v) is 13.5. The van der Waals surface area contributed by atoms with Crippen molar-refractivity contribution in [3.8, 4) is 0 Å². The van der Waals surface area contributed by atoms with Crippen LogP contribution in [-0.4, -0.2) is 12.1 Å². The number of carbonyl (C=O) groups excluding carboxylic acids is 1. The maximum Gasteiger partial charge on any atom is 0.493 e. The van der Waals surface area contributed by atoms with E-state index in [1.165, 1.54) is 6.07 Å². The Morgan fingerprint density at radius 3 is 2.25 bits per heavy atom. The summed E-state index contributed by atoms with van der Waals surface area (Å²) in [4.78, 5) is 15.1. The molecule has 24 heavy (non-hydrogen) atoms. The molecule has 3 nitrogen and oxygen atoms in total. The van der Waals surface area contributed by atoms with E-state index >= 15 is 0 Å². The quantitative estimate of drug-likeness (QED) is 0.372. The van der Waals surface area contributed by atoms with E-state index in [2.05, 4.69) is 4.84 Å². The van der Waals surface area contributed by atoms with Crippen molar-refractivity contribution in [3.63, 3.8) is 0 Å². The first kappa shape index (κ1) is 18.4. The molecule has 0 fully saturated rings. The highest BCUT2D eigenvalue weighted by molar-refractivity contribution is 14.1. The molecular weight excluding hydrogens is 455 g/mol. The van der Waals surface area contributed by atoms with Crippen LogP contribution in [0.1, 0.15) is 0 Å². The van der Waals surface area contributed by atoms with Crippen LogP contribution in [-0.2, 0) is 9.63 Å². The summed E-state index contributed by atoms with van der Waals surface area (Å²) in [5, 5.41) is -0.0420. The molecule has 2 aromatic rings. The lowest BCUT2D eigenvalue weighted by molar-refractivity contribution is -0.199. The first-order valence-electron chi connectivity index (χ1n) is 6.09. The van der Waals surface area contributed by atoms with Crippen LogP contribution in [0.4, 0.5) is 37.7 Å². The van der Waals surface area contributed by atoms with Crippen molar-refractivity contribution >= 4 is 39.9 Å². The summed E-state index contributed by atoms with van der Waals surface area (Å²) >= 11 is 1.73. The fourth-order valence-corrected chi connectivity index (χ4v) is 2.11. The van der Waals surface area contributed by atoms with Crippen LogP contribution in [0.3, 0.4) is 0 Å². The predicted molar refractivity (Wildman–Crippen MR) is 79.8 cm³/mol. The molecule has 0 heterocycles. The minimum absolute atomic E-state index is 0.0420. The van der Waals surface area contributed by atoms with E-state index in [-0.39, 0.29) is 5.06 Å². The molecule has 0 aliphatic carbocycles. The summed E-state index contributed by atoms with van der Waals surface area (Å²) in [6.45, 7) is 0. The van der Waals surface area contributed by atoms with Gasteiger partial charge in [-0.3, -0.25) is 0 Å². The molecule has 0 atom stereocenters. The van der Waals surface area contributed by atoms with Crippen molar-refractivity contribution in [3.05, 3.63) is 57.4 Å². The average Bonchev–Trinajstić information content (AvgIpc) is 2.47. The van der Waals surface area contributed by atoms with Crippen molar-refractivity contribution in [2.75, 3.05) is 5.06 Å². The molecule has 10 heteroatoms. The van der Waals surface area contributed by atoms with E-state index in [0.29, 0.717) is 9.64 Å². The molecule has 0 aliphatic rings. The summed E-state index contributed by atoms with van der Waals surface area (Å²) in [5.74, 6) is -6.83. The minimum Gasteiger partial charge on any atom is -0.327 e. The zero-order chi connectivity index (χ0) is 18.1. The Balaban J connectivity index is 2.57. The Morgan fingerprint density at radius 2 is 1.67 bits per heavy atom. The molecule has 0 spiro atoms. The lowest BCUT2D eigenvalue weighted by Gasteiger charge is -2.24. The maximum absolute atomic E-state index is 14.0. The van der Waals surface area contributed by atoms with Gasteiger partial charge in [0.2, 0.25) is 0 Å². The van der Waals surface area contributed by atoms with Gasteiger partial charge in [0.25, 0.3) is 0 Å². The smallest absolute Gasteiger partial charge is 0.327 e. The Labute approximate surface area is 144 Å². The number of nitrogens with zero attached hydrogens (tertiary/aromatic N) is 1. The minimum atomic E-state index is -5.41. The van der Waals surface area contributed by atoms with Crippen LogP contribution in [0.25, 0.3) is 0 Å². The number of rotatable bonds is 3. The highest BCUT2D eigenvalue weighted by atomic mass is 127. The second-order valence-electron chi connectivity index (χ2n) is 4.34. The third kappa shape index (κ3) is 3.91. The standard InChI is InChI=1S/C14H6F6INO2/c15-8-2-1-3-11(12(8)17)22(24-13(23)14(18,19)20)10-5-4-7(21)6-9(10)16/h1-6H. The predicted octanol–water partition coefficient (Wildman–Crippen LogP) is 4.87. The fraction of sp³-hybridized carbons (Fsp3) is 0.0714. The van der Waals surface area contributed by atoms with E-state index in [0.717, 1.165) is 24.3 Å². The summed E-state index contributed by atoms with van der Waals surface area (Å²) in [7, 11) is 0. The molecular formula is C14H6F6INO2. The van der Waals surface area contributed by atoms with Gasteiger partial charge in [-0.15, -0.1) is 0 Å². The van der Waals surface area contributed by atoms with Crippen LogP contribution in [0, 0.1) is 21.0 Å². The lowest BCUT2D eigenvalue weighted by Crippen LogP contribution is -2.33. The van der Waals surface area contributed by atoms with Crippen molar-refractivity contribution < 1.29 is 36.0 Å². The van der Waals surface area contributed by atoms with Gasteiger partial charge in [0, 0.05) is 3.57 Å². The first-order valence-corrected chi connectivity index (χ1v) is 7.17. The third-order valence-corrected chi connectivity index (χ3v) is 3.36. The molecule has 0 radical (unpaired) electrons. The highest BCUT2D eigenvalue weighted by Crippen LogP contribution is 2.33. The van der Waals surface area contributed by atoms with Gasteiger partial charge < -0.3 is 4.84 Å². The Bertz CT molecular complexity index is 780. The Morgan fingerprint density at radius 1 is 1.00 bits per heavy atom. The van der Waals surface area contributed by atoms with Gasteiger partial charge in [-0.2, -0.15) is 18.2 Å². The van der Waals surface area contributed by atoms with Gasteiger partial charge in [-0.1, -0.05) is 6.07 Å². The molecule has 0 bridgehead atoms. The maximum atomic E-state index is 14.0. The van der Waals surface area contributed by atoms with Crippen molar-refractivity contribution in [1.29, 1.82) is 0 Å². The molecule has 0 amide bonds. The van der Waals surface area contributed by atoms with Crippen LogP contribution in [0.2, 0.25) is 0 Å². The summed E-state index contributed by atoms with van der Waals surface area (Å²) in [6, 6.07) is 5.66. The monoisotopic (exact) mass is 461 g/mol. The normalized spacial score (nSPS) is 11.3. The second kappa shape index (κ2) is 6.87. The average molecular weight is 461 g/mol. The van der Waals surface area contributed by atoms with Crippen LogP contribution in [0.15, 0.2) is 36.4 Å². The topological polar surface area (TPSA) is 29.5 Å². The number of hydrogen-bond donors (Lipinski definition) is 0. The number of benzene rings is 2. The summed E-state index contributed by atoms with van der Waals surface area (Å²) in [5.41, 5.74) is -1.59. The molecule has 0 unspecified atom stereocenters. The molecule has 0 aliphatic heterocycles. The van der Waals surface area contributed by atoms with E-state index in [9.17, 15) is 31.1 Å². The van der Waals surface area contributed by atoms with Gasteiger partial charge in [-0.25, -0.2) is 18.0 Å². The van der Waals surface area contributed by atoms with Gasteiger partial charge in [0.1, 0.15) is 11.4 Å². The van der Waals surface area contributed by atoms with E-state index in [1.54, 1.807) is 22.6 Å². The number of carbonyl (C=O) groups is 1. The van der Waals surface area contributed by atoms with E-state index < -0.39 is 41.0 Å². The summed E-state index contributed by atoms with van der Waals surface area (Å²) in [6.07, 6.45) is -5.41. The molecule has 0 saturated carbocycles. The van der Waals surface area contributed by atoms with E-state index in [1.807, 2.05) is 0 Å². The Kier molecular flexibility index (Phi) is 5.26. The number of anilines is 2. The zero-order valence-electron chi connectivity index (χ0n) is 11.4. The Hall–Kier alpha value is -1.98. The van der Waals surface area contributed by atoms with E-state index in [4.69, 9.17) is 0 Å². The number of hydrogen-bond acceptors (Lipinski definition) is 3. The largest absolute Gasteiger partial charge is 0.493 e. The molecule has 0 aromatic heterocycles. The SMILES string of the molecule is O=C(ON(c1ccc(I)cc1F)c1cccc(F)c1F)C(F)(F)F. The summed E-state index contributed by atoms with van der Waals surface area (Å²) < 4.78 is 78.9. The van der Waals surface area contributed by atoms with Gasteiger partial charge >= 0.3 is 12.1 Å². The third-order valence-electron chi connectivity index (χ3n) is 2.68. The molecule has 128 valence electrons. The van der Waals surface area contributed by atoms with Crippen molar-refractivity contribution in [2.24, 2.45) is 0 Å². The number of halogens is 7. The van der Waals surface area contributed by atoms with Gasteiger partial charge in [0.15, 0.2) is 17.5 Å². The molecule has 0 saturated heterocycles. The van der Waals surface area contributed by atoms with Crippen molar-refractivity contribution in [1.82, 2.24) is 0 Å². The molecule has 2 aromatic carbocycles. The highest BCUT2D eigenvalue weighted by Gasteiger charge is 2.43. The first-order chi connectivity index (χ1) is 11.1. The van der Waals surface area contributed by atoms with Crippen molar-refractivity contribution in [2.45, 2.75) is 6.18 Å².